The van der Waals surface area contributed by atoms with E-state index in [1.54, 1.807) is 0 Å². The van der Waals surface area contributed by atoms with Crippen molar-refractivity contribution >= 4 is 0 Å². The monoisotopic (exact) mass is 239 g/mol. The molecule has 0 saturated carbocycles. The van der Waals surface area contributed by atoms with Gasteiger partial charge in [0.15, 0.2) is 0 Å². The van der Waals surface area contributed by atoms with Crippen LogP contribution >= 0.6 is 0 Å². The fourth-order valence-corrected chi connectivity index (χ4v) is 2.02. The summed E-state index contributed by atoms with van der Waals surface area (Å²) < 4.78 is 37.5. The lowest BCUT2D eigenvalue weighted by atomic mass is 10.1. The number of nitrogens with two attached hydrogens (primary N) is 1. The number of hydrogen-bond acceptors (Lipinski definition) is 3. The summed E-state index contributed by atoms with van der Waals surface area (Å²) in [6, 6.07) is 0.367. The molecule has 96 valence electrons. The van der Waals surface area contributed by atoms with Crippen LogP contribution in [0.3, 0.4) is 0 Å². The molecule has 0 aromatic rings. The Bertz CT molecular complexity index is 218. The van der Waals surface area contributed by atoms with Crippen LogP contribution in [0.2, 0.25) is 0 Å². The van der Waals surface area contributed by atoms with Gasteiger partial charge in [-0.05, 0) is 27.1 Å². The summed E-state index contributed by atoms with van der Waals surface area (Å²) in [5.41, 5.74) is 5.17. The van der Waals surface area contributed by atoms with Gasteiger partial charge in [-0.15, -0.1) is 0 Å². The molecule has 0 spiro atoms. The highest BCUT2D eigenvalue weighted by Gasteiger charge is 2.40. The lowest BCUT2D eigenvalue weighted by Gasteiger charge is -2.25. The molecule has 2 N–H and O–H groups in total. The highest BCUT2D eigenvalue weighted by Crippen LogP contribution is 2.27. The Labute approximate surface area is 94.4 Å². The molecule has 1 heterocycles. The zero-order valence-electron chi connectivity index (χ0n) is 9.80. The molecule has 0 aliphatic carbocycles. The molecule has 3 nitrogen and oxygen atoms in total. The van der Waals surface area contributed by atoms with Gasteiger partial charge in [-0.3, -0.25) is 0 Å². The molecule has 2 atom stereocenters. The van der Waals surface area contributed by atoms with Crippen LogP contribution in [0.15, 0.2) is 0 Å². The summed E-state index contributed by atoms with van der Waals surface area (Å²) >= 11 is 0. The van der Waals surface area contributed by atoms with Crippen molar-refractivity contribution in [2.45, 2.75) is 18.6 Å². The molecule has 6 heteroatoms. The standard InChI is InChI=1S/C10H20F3N3/c1-15(2)9-3-4-16(7-9)6-8(5-14)10(11,12)13/h8-9H,3-7,14H2,1-2H3. The normalized spacial score (nSPS) is 25.3. The van der Waals surface area contributed by atoms with E-state index < -0.39 is 12.1 Å². The molecule has 1 saturated heterocycles. The minimum atomic E-state index is -4.18. The smallest absolute Gasteiger partial charge is 0.330 e. The SMILES string of the molecule is CN(C)C1CCN(CC(CN)C(F)(F)F)C1. The number of hydrogen-bond donors (Lipinski definition) is 1. The predicted octanol–water partition coefficient (Wildman–Crippen LogP) is 0.760. The molecule has 1 fully saturated rings. The van der Waals surface area contributed by atoms with E-state index >= 15 is 0 Å². The Morgan fingerprint density at radius 2 is 2.06 bits per heavy atom. The van der Waals surface area contributed by atoms with Crippen LogP contribution in [-0.2, 0) is 0 Å². The second-order valence-corrected chi connectivity index (χ2v) is 4.64. The second-order valence-electron chi connectivity index (χ2n) is 4.64. The summed E-state index contributed by atoms with van der Waals surface area (Å²) in [6.45, 7) is 1.14. The minimum Gasteiger partial charge on any atom is -0.330 e. The molecule has 1 aliphatic rings. The van der Waals surface area contributed by atoms with E-state index in [4.69, 9.17) is 5.73 Å². The summed E-state index contributed by atoms with van der Waals surface area (Å²) in [5, 5.41) is 0. The first-order valence-electron chi connectivity index (χ1n) is 5.50. The third-order valence-corrected chi connectivity index (χ3v) is 3.20. The summed E-state index contributed by atoms with van der Waals surface area (Å²) in [7, 11) is 3.91. The lowest BCUT2D eigenvalue weighted by molar-refractivity contribution is -0.175. The minimum absolute atomic E-state index is 0.0321. The second kappa shape index (κ2) is 5.33. The predicted molar refractivity (Wildman–Crippen MR) is 57.1 cm³/mol. The number of rotatable bonds is 4. The molecule has 0 aromatic carbocycles. The van der Waals surface area contributed by atoms with Crippen molar-refractivity contribution in [3.63, 3.8) is 0 Å². The van der Waals surface area contributed by atoms with Crippen molar-refractivity contribution in [1.29, 1.82) is 0 Å². The van der Waals surface area contributed by atoms with Gasteiger partial charge in [-0.1, -0.05) is 0 Å². The number of nitrogens with zero attached hydrogens (tertiary/aromatic N) is 2. The topological polar surface area (TPSA) is 32.5 Å². The average molecular weight is 239 g/mol. The molecular formula is C10H20F3N3. The van der Waals surface area contributed by atoms with Gasteiger partial charge in [0.05, 0.1) is 5.92 Å². The summed E-state index contributed by atoms with van der Waals surface area (Å²) in [4.78, 5) is 3.92. The fourth-order valence-electron chi connectivity index (χ4n) is 2.02. The Morgan fingerprint density at radius 1 is 1.44 bits per heavy atom. The maximum Gasteiger partial charge on any atom is 0.394 e. The Morgan fingerprint density at radius 3 is 2.44 bits per heavy atom. The quantitative estimate of drug-likeness (QED) is 0.786. The highest BCUT2D eigenvalue weighted by molar-refractivity contribution is 4.83. The lowest BCUT2D eigenvalue weighted by Crippen LogP contribution is -2.41. The number of likely N-dealkylation sites (tertiary alicyclic amines) is 1. The first-order valence-corrected chi connectivity index (χ1v) is 5.50. The summed E-state index contributed by atoms with van der Waals surface area (Å²) in [5.74, 6) is -1.39. The highest BCUT2D eigenvalue weighted by atomic mass is 19.4. The van der Waals surface area contributed by atoms with Crippen LogP contribution in [0, 0.1) is 5.92 Å². The van der Waals surface area contributed by atoms with Crippen LogP contribution in [0.25, 0.3) is 0 Å². The van der Waals surface area contributed by atoms with Crippen molar-refractivity contribution in [3.05, 3.63) is 0 Å². The average Bonchev–Trinajstić information content (AvgIpc) is 2.60. The van der Waals surface area contributed by atoms with Gasteiger partial charge in [-0.2, -0.15) is 13.2 Å². The van der Waals surface area contributed by atoms with Crippen molar-refractivity contribution in [2.24, 2.45) is 11.7 Å². The van der Waals surface area contributed by atoms with Gasteiger partial charge >= 0.3 is 6.18 Å². The van der Waals surface area contributed by atoms with E-state index in [-0.39, 0.29) is 13.1 Å². The van der Waals surface area contributed by atoms with Crippen LogP contribution in [-0.4, -0.2) is 62.3 Å². The number of halogens is 3. The maximum atomic E-state index is 12.5. The number of alkyl halides is 3. The first-order chi connectivity index (χ1) is 7.34. The molecule has 16 heavy (non-hydrogen) atoms. The van der Waals surface area contributed by atoms with E-state index in [1.165, 1.54) is 0 Å². The van der Waals surface area contributed by atoms with E-state index in [0.29, 0.717) is 12.6 Å². The van der Waals surface area contributed by atoms with E-state index in [1.807, 2.05) is 19.0 Å². The van der Waals surface area contributed by atoms with E-state index in [0.717, 1.165) is 13.0 Å². The fraction of sp³-hybridized carbons (Fsp3) is 1.00. The van der Waals surface area contributed by atoms with Crippen molar-refractivity contribution in [3.8, 4) is 0 Å². The van der Waals surface area contributed by atoms with Crippen LogP contribution < -0.4 is 5.73 Å². The molecule has 0 radical (unpaired) electrons. The Kier molecular flexibility index (Phi) is 4.58. The van der Waals surface area contributed by atoms with Crippen LogP contribution in [0.4, 0.5) is 13.2 Å². The van der Waals surface area contributed by atoms with E-state index in [2.05, 4.69) is 4.90 Å². The van der Waals surface area contributed by atoms with Gasteiger partial charge in [0.1, 0.15) is 0 Å². The van der Waals surface area contributed by atoms with Gasteiger partial charge in [0, 0.05) is 25.7 Å². The molecule has 0 aromatic heterocycles. The molecule has 0 amide bonds. The van der Waals surface area contributed by atoms with Gasteiger partial charge < -0.3 is 15.5 Å². The Hall–Kier alpha value is -0.330. The summed E-state index contributed by atoms with van der Waals surface area (Å²) in [6.07, 6.45) is -3.24. The zero-order chi connectivity index (χ0) is 12.3. The number of likely N-dealkylation sites (N-methyl/N-ethyl adjacent to an activating group) is 1. The third kappa shape index (κ3) is 3.61. The zero-order valence-corrected chi connectivity index (χ0v) is 9.80. The maximum absolute atomic E-state index is 12.5. The first kappa shape index (κ1) is 13.7. The van der Waals surface area contributed by atoms with Gasteiger partial charge in [-0.25, -0.2) is 0 Å². The van der Waals surface area contributed by atoms with Crippen LogP contribution in [0.5, 0.6) is 0 Å². The van der Waals surface area contributed by atoms with Gasteiger partial charge in [0.2, 0.25) is 0 Å². The Balaban J connectivity index is 2.44. The van der Waals surface area contributed by atoms with Crippen molar-refractivity contribution in [2.75, 3.05) is 40.3 Å². The van der Waals surface area contributed by atoms with Crippen molar-refractivity contribution < 1.29 is 13.2 Å². The molecular weight excluding hydrogens is 219 g/mol. The molecule has 1 rings (SSSR count). The van der Waals surface area contributed by atoms with Gasteiger partial charge in [0.25, 0.3) is 0 Å². The molecule has 1 aliphatic heterocycles. The van der Waals surface area contributed by atoms with E-state index in [9.17, 15) is 13.2 Å². The van der Waals surface area contributed by atoms with Crippen LogP contribution in [0.1, 0.15) is 6.42 Å². The van der Waals surface area contributed by atoms with Crippen molar-refractivity contribution in [1.82, 2.24) is 9.80 Å². The largest absolute Gasteiger partial charge is 0.394 e. The third-order valence-electron chi connectivity index (χ3n) is 3.20. The molecule has 2 unspecified atom stereocenters. The molecule has 0 bridgehead atoms.